The summed E-state index contributed by atoms with van der Waals surface area (Å²) < 4.78 is 11.5. The standard InChI is InChI=1S/C18H21NO2/c1-11-4-5-12(2)14(8-11)18-10-16(19)15-9-13(20-3)6-7-17(15)21-18/h4-9,16,18H,10,19H2,1-3H3. The van der Waals surface area contributed by atoms with Gasteiger partial charge in [-0.05, 0) is 43.2 Å². The molecule has 0 fully saturated rings. The second-order valence-corrected chi connectivity index (χ2v) is 5.71. The predicted octanol–water partition coefficient (Wildman–Crippen LogP) is 3.84. The highest BCUT2D eigenvalue weighted by molar-refractivity contribution is 5.45. The highest BCUT2D eigenvalue weighted by atomic mass is 16.5. The van der Waals surface area contributed by atoms with Gasteiger partial charge in [0.1, 0.15) is 17.6 Å². The minimum atomic E-state index is -0.0336. The Labute approximate surface area is 125 Å². The molecule has 21 heavy (non-hydrogen) atoms. The molecule has 1 aliphatic heterocycles. The molecular formula is C18H21NO2. The molecule has 2 unspecified atom stereocenters. The topological polar surface area (TPSA) is 44.5 Å². The van der Waals surface area contributed by atoms with Crippen molar-refractivity contribution in [1.82, 2.24) is 0 Å². The van der Waals surface area contributed by atoms with Crippen LogP contribution in [0.25, 0.3) is 0 Å². The van der Waals surface area contributed by atoms with Crippen molar-refractivity contribution < 1.29 is 9.47 Å². The van der Waals surface area contributed by atoms with Gasteiger partial charge in [-0.1, -0.05) is 23.8 Å². The summed E-state index contributed by atoms with van der Waals surface area (Å²) >= 11 is 0. The molecule has 3 heteroatoms. The van der Waals surface area contributed by atoms with Crippen molar-refractivity contribution in [2.75, 3.05) is 7.11 Å². The zero-order chi connectivity index (χ0) is 15.0. The van der Waals surface area contributed by atoms with Crippen LogP contribution in [0.15, 0.2) is 36.4 Å². The first kappa shape index (κ1) is 14.0. The summed E-state index contributed by atoms with van der Waals surface area (Å²) in [5.74, 6) is 1.68. The summed E-state index contributed by atoms with van der Waals surface area (Å²) in [6.07, 6.45) is 0.797. The lowest BCUT2D eigenvalue weighted by Crippen LogP contribution is -2.24. The molecule has 3 rings (SSSR count). The summed E-state index contributed by atoms with van der Waals surface area (Å²) in [6.45, 7) is 4.22. The van der Waals surface area contributed by atoms with Crippen molar-refractivity contribution in [3.63, 3.8) is 0 Å². The normalized spacial score (nSPS) is 20.6. The third-order valence-corrected chi connectivity index (χ3v) is 4.14. The summed E-state index contributed by atoms with van der Waals surface area (Å²) in [7, 11) is 1.66. The van der Waals surface area contributed by atoms with Gasteiger partial charge in [-0.3, -0.25) is 0 Å². The molecule has 0 amide bonds. The average molecular weight is 283 g/mol. The maximum atomic E-state index is 6.35. The molecule has 110 valence electrons. The zero-order valence-corrected chi connectivity index (χ0v) is 12.7. The van der Waals surface area contributed by atoms with Gasteiger partial charge in [0.05, 0.1) is 7.11 Å². The number of hydrogen-bond donors (Lipinski definition) is 1. The lowest BCUT2D eigenvalue weighted by molar-refractivity contribution is 0.160. The van der Waals surface area contributed by atoms with Crippen LogP contribution in [0.2, 0.25) is 0 Å². The number of methoxy groups -OCH3 is 1. The van der Waals surface area contributed by atoms with E-state index in [1.165, 1.54) is 16.7 Å². The molecule has 2 atom stereocenters. The number of rotatable bonds is 2. The van der Waals surface area contributed by atoms with E-state index in [0.717, 1.165) is 23.5 Å². The first-order valence-corrected chi connectivity index (χ1v) is 7.26. The third-order valence-electron chi connectivity index (χ3n) is 4.14. The molecular weight excluding hydrogens is 262 g/mol. The van der Waals surface area contributed by atoms with Crippen LogP contribution in [-0.4, -0.2) is 7.11 Å². The second-order valence-electron chi connectivity index (χ2n) is 5.71. The van der Waals surface area contributed by atoms with Crippen molar-refractivity contribution in [2.45, 2.75) is 32.4 Å². The Hall–Kier alpha value is -2.00. The molecule has 0 radical (unpaired) electrons. The molecule has 0 saturated carbocycles. The van der Waals surface area contributed by atoms with Crippen LogP contribution in [0, 0.1) is 13.8 Å². The van der Waals surface area contributed by atoms with Gasteiger partial charge >= 0.3 is 0 Å². The molecule has 1 aliphatic rings. The molecule has 2 aromatic rings. The fourth-order valence-electron chi connectivity index (χ4n) is 2.91. The molecule has 1 heterocycles. The molecule has 0 aliphatic carbocycles. The summed E-state index contributed by atoms with van der Waals surface area (Å²) in [6, 6.07) is 12.3. The summed E-state index contributed by atoms with van der Waals surface area (Å²) in [5, 5.41) is 0. The van der Waals surface area contributed by atoms with E-state index >= 15 is 0 Å². The second kappa shape index (κ2) is 5.41. The van der Waals surface area contributed by atoms with Gasteiger partial charge in [0.15, 0.2) is 0 Å². The highest BCUT2D eigenvalue weighted by Gasteiger charge is 2.28. The number of nitrogens with two attached hydrogens (primary N) is 1. The van der Waals surface area contributed by atoms with E-state index in [-0.39, 0.29) is 12.1 Å². The van der Waals surface area contributed by atoms with Gasteiger partial charge in [-0.2, -0.15) is 0 Å². The van der Waals surface area contributed by atoms with E-state index in [0.29, 0.717) is 0 Å². The molecule has 0 aromatic heterocycles. The molecule has 0 bridgehead atoms. The van der Waals surface area contributed by atoms with Crippen molar-refractivity contribution in [1.29, 1.82) is 0 Å². The van der Waals surface area contributed by atoms with Gasteiger partial charge in [0, 0.05) is 18.0 Å². The van der Waals surface area contributed by atoms with Crippen molar-refractivity contribution in [3.05, 3.63) is 58.7 Å². The van der Waals surface area contributed by atoms with Crippen LogP contribution in [0.4, 0.5) is 0 Å². The number of fused-ring (bicyclic) bond motifs is 1. The minimum absolute atomic E-state index is 0.0146. The van der Waals surface area contributed by atoms with Crippen LogP contribution in [-0.2, 0) is 0 Å². The van der Waals surface area contributed by atoms with Gasteiger partial charge in [0.25, 0.3) is 0 Å². The number of benzene rings is 2. The van der Waals surface area contributed by atoms with E-state index in [2.05, 4.69) is 32.0 Å². The monoisotopic (exact) mass is 283 g/mol. The van der Waals surface area contributed by atoms with Crippen molar-refractivity contribution >= 4 is 0 Å². The maximum absolute atomic E-state index is 6.35. The third kappa shape index (κ3) is 2.61. The van der Waals surface area contributed by atoms with Crippen LogP contribution in [0.3, 0.4) is 0 Å². The van der Waals surface area contributed by atoms with E-state index in [1.54, 1.807) is 7.11 Å². The Kier molecular flexibility index (Phi) is 3.60. The first-order chi connectivity index (χ1) is 10.1. The fraction of sp³-hybridized carbons (Fsp3) is 0.333. The Bertz CT molecular complexity index is 666. The van der Waals surface area contributed by atoms with E-state index in [1.807, 2.05) is 18.2 Å². The zero-order valence-electron chi connectivity index (χ0n) is 12.7. The summed E-state index contributed by atoms with van der Waals surface area (Å²) in [5.41, 5.74) is 11.1. The highest BCUT2D eigenvalue weighted by Crippen LogP contribution is 2.41. The van der Waals surface area contributed by atoms with Crippen molar-refractivity contribution in [3.8, 4) is 11.5 Å². The lowest BCUT2D eigenvalue weighted by atomic mass is 9.91. The van der Waals surface area contributed by atoms with Gasteiger partial charge in [-0.15, -0.1) is 0 Å². The fourth-order valence-corrected chi connectivity index (χ4v) is 2.91. The largest absolute Gasteiger partial charge is 0.497 e. The number of hydrogen-bond acceptors (Lipinski definition) is 3. The average Bonchev–Trinajstić information content (AvgIpc) is 2.49. The smallest absolute Gasteiger partial charge is 0.126 e. The number of aryl methyl sites for hydroxylation is 2. The minimum Gasteiger partial charge on any atom is -0.497 e. The predicted molar refractivity (Wildman–Crippen MR) is 83.8 cm³/mol. The Balaban J connectivity index is 1.96. The van der Waals surface area contributed by atoms with E-state index in [4.69, 9.17) is 15.2 Å². The van der Waals surface area contributed by atoms with Gasteiger partial charge < -0.3 is 15.2 Å². The Morgan fingerprint density at radius 1 is 1.10 bits per heavy atom. The lowest BCUT2D eigenvalue weighted by Gasteiger charge is -2.31. The van der Waals surface area contributed by atoms with Crippen molar-refractivity contribution in [2.24, 2.45) is 5.73 Å². The molecule has 3 nitrogen and oxygen atoms in total. The number of ether oxygens (including phenoxy) is 2. The first-order valence-electron chi connectivity index (χ1n) is 7.26. The van der Waals surface area contributed by atoms with Gasteiger partial charge in [0.2, 0.25) is 0 Å². The van der Waals surface area contributed by atoms with Gasteiger partial charge in [-0.25, -0.2) is 0 Å². The Morgan fingerprint density at radius 3 is 2.67 bits per heavy atom. The van der Waals surface area contributed by atoms with Crippen LogP contribution in [0.1, 0.15) is 40.8 Å². The molecule has 0 spiro atoms. The van der Waals surface area contributed by atoms with Crippen LogP contribution in [0.5, 0.6) is 11.5 Å². The Morgan fingerprint density at radius 2 is 1.90 bits per heavy atom. The van der Waals surface area contributed by atoms with Crippen LogP contribution >= 0.6 is 0 Å². The molecule has 2 aromatic carbocycles. The maximum Gasteiger partial charge on any atom is 0.126 e. The quantitative estimate of drug-likeness (QED) is 0.911. The van der Waals surface area contributed by atoms with E-state index < -0.39 is 0 Å². The molecule has 2 N–H and O–H groups in total. The summed E-state index contributed by atoms with van der Waals surface area (Å²) in [4.78, 5) is 0. The molecule has 0 saturated heterocycles. The van der Waals surface area contributed by atoms with Crippen LogP contribution < -0.4 is 15.2 Å². The SMILES string of the molecule is COc1ccc2c(c1)C(N)CC(c1cc(C)ccc1C)O2. The van der Waals surface area contributed by atoms with E-state index in [9.17, 15) is 0 Å².